The fourth-order valence-electron chi connectivity index (χ4n) is 4.62. The van der Waals surface area contributed by atoms with Gasteiger partial charge in [-0.2, -0.15) is 0 Å². The zero-order valence-corrected chi connectivity index (χ0v) is 17.5. The third kappa shape index (κ3) is 3.43. The highest BCUT2D eigenvalue weighted by molar-refractivity contribution is 7.70. The maximum atomic E-state index is 12.4. The van der Waals surface area contributed by atoms with E-state index < -0.39 is 19.3 Å². The van der Waals surface area contributed by atoms with Crippen LogP contribution in [0.25, 0.3) is 0 Å². The van der Waals surface area contributed by atoms with Crippen LogP contribution < -0.4 is 5.30 Å². The van der Waals surface area contributed by atoms with Gasteiger partial charge in [-0.1, -0.05) is 97.9 Å². The number of carboxylic acids is 1. The monoisotopic (exact) mass is 400 g/mol. The van der Waals surface area contributed by atoms with Crippen LogP contribution in [0.5, 0.6) is 0 Å². The summed E-state index contributed by atoms with van der Waals surface area (Å²) in [6.45, 7) is 1.97. The highest BCUT2D eigenvalue weighted by atomic mass is 31.1. The number of aliphatic carboxylic acids is 1. The van der Waals surface area contributed by atoms with Gasteiger partial charge in [0.05, 0.1) is 0 Å². The second-order valence-corrected chi connectivity index (χ2v) is 9.63. The maximum Gasteiger partial charge on any atom is 0.331 e. The summed E-state index contributed by atoms with van der Waals surface area (Å²) in [6.07, 6.45) is 2.45. The van der Waals surface area contributed by atoms with Crippen molar-refractivity contribution in [3.8, 4) is 0 Å². The summed E-state index contributed by atoms with van der Waals surface area (Å²) in [7, 11) is -0.718. The van der Waals surface area contributed by atoms with Crippen LogP contribution in [0.4, 0.5) is 0 Å². The van der Waals surface area contributed by atoms with Gasteiger partial charge in [0, 0.05) is 11.0 Å². The largest absolute Gasteiger partial charge is 0.478 e. The molecule has 0 saturated carbocycles. The Kier molecular flexibility index (Phi) is 5.65. The Bertz CT molecular complexity index is 971. The predicted molar refractivity (Wildman–Crippen MR) is 121 cm³/mol. The van der Waals surface area contributed by atoms with E-state index in [1.54, 1.807) is 0 Å². The number of carbonyl (C=O) groups is 1. The number of hydrogen-bond donors (Lipinski definition) is 1. The van der Waals surface area contributed by atoms with Crippen LogP contribution in [0.1, 0.15) is 30.9 Å². The zero-order chi connectivity index (χ0) is 20.3. The first-order valence-electron chi connectivity index (χ1n) is 10.1. The van der Waals surface area contributed by atoms with Gasteiger partial charge in [0.25, 0.3) is 0 Å². The van der Waals surface area contributed by atoms with E-state index in [-0.39, 0.29) is 0 Å². The zero-order valence-electron chi connectivity index (χ0n) is 16.6. The van der Waals surface area contributed by atoms with Gasteiger partial charge in [0.1, 0.15) is 0 Å². The Balaban J connectivity index is 2.05. The fourth-order valence-corrected chi connectivity index (χ4v) is 7.86. The third-order valence-electron chi connectivity index (χ3n) is 5.88. The first-order valence-corrected chi connectivity index (χ1v) is 11.6. The molecule has 3 heteroatoms. The van der Waals surface area contributed by atoms with Crippen molar-refractivity contribution in [2.75, 3.05) is 6.16 Å². The van der Waals surface area contributed by atoms with Gasteiger partial charge in [-0.05, 0) is 48.7 Å². The molecule has 0 spiro atoms. The molecule has 1 heterocycles. The molecular formula is C26H25O2P. The van der Waals surface area contributed by atoms with Crippen molar-refractivity contribution in [1.29, 1.82) is 0 Å². The molecule has 1 aliphatic rings. The lowest BCUT2D eigenvalue weighted by Gasteiger charge is -2.35. The molecule has 1 unspecified atom stereocenters. The Morgan fingerprint density at radius 1 is 0.862 bits per heavy atom. The topological polar surface area (TPSA) is 37.3 Å². The average molecular weight is 400 g/mol. The summed E-state index contributed by atoms with van der Waals surface area (Å²) in [5, 5.41) is 12.6. The number of allylic oxidation sites excluding steroid dienone is 1. The van der Waals surface area contributed by atoms with Gasteiger partial charge in [-0.25, -0.2) is 4.79 Å². The van der Waals surface area contributed by atoms with Crippen molar-refractivity contribution < 1.29 is 9.90 Å². The van der Waals surface area contributed by atoms with E-state index >= 15 is 0 Å². The second kappa shape index (κ2) is 8.35. The van der Waals surface area contributed by atoms with Crippen molar-refractivity contribution in [3.63, 3.8) is 0 Å². The molecule has 3 aromatic carbocycles. The molecule has 29 heavy (non-hydrogen) atoms. The van der Waals surface area contributed by atoms with Crippen LogP contribution in [0.3, 0.4) is 0 Å². The molecule has 3 aromatic rings. The van der Waals surface area contributed by atoms with E-state index in [9.17, 15) is 9.90 Å². The predicted octanol–water partition coefficient (Wildman–Crippen LogP) is 5.93. The molecule has 0 aliphatic carbocycles. The molecule has 0 radical (unpaired) electrons. The second-order valence-electron chi connectivity index (χ2n) is 7.36. The lowest BCUT2D eigenvalue weighted by Crippen LogP contribution is -2.28. The number of rotatable bonds is 5. The summed E-state index contributed by atoms with van der Waals surface area (Å²) in [6, 6.07) is 31.4. The van der Waals surface area contributed by atoms with E-state index in [2.05, 4.69) is 72.8 Å². The minimum absolute atomic E-state index is 0.395. The van der Waals surface area contributed by atoms with Crippen LogP contribution in [-0.2, 0) is 10.2 Å². The number of hydrogen-bond acceptors (Lipinski definition) is 1. The molecule has 0 amide bonds. The Morgan fingerprint density at radius 3 is 1.79 bits per heavy atom. The van der Waals surface area contributed by atoms with Crippen LogP contribution in [0, 0.1) is 0 Å². The average Bonchev–Trinajstić information content (AvgIpc) is 3.17. The minimum atomic E-state index is -0.788. The maximum absolute atomic E-state index is 12.4. The van der Waals surface area contributed by atoms with E-state index in [4.69, 9.17) is 0 Å². The number of carboxylic acid groups (broad SMARTS) is 1. The molecule has 2 nitrogen and oxygen atoms in total. The summed E-state index contributed by atoms with van der Waals surface area (Å²) in [5.41, 5.74) is 2.56. The lowest BCUT2D eigenvalue weighted by molar-refractivity contribution is -0.132. The van der Waals surface area contributed by atoms with Crippen LogP contribution in [0.2, 0.25) is 0 Å². The van der Waals surface area contributed by atoms with Gasteiger partial charge >= 0.3 is 5.97 Å². The van der Waals surface area contributed by atoms with E-state index in [0.29, 0.717) is 12.0 Å². The summed E-state index contributed by atoms with van der Waals surface area (Å²) < 4.78 is 0. The molecule has 0 bridgehead atoms. The molecule has 1 atom stereocenters. The van der Waals surface area contributed by atoms with Gasteiger partial charge in [0.2, 0.25) is 0 Å². The van der Waals surface area contributed by atoms with E-state index in [1.165, 1.54) is 16.4 Å². The van der Waals surface area contributed by atoms with Crippen LogP contribution in [0.15, 0.2) is 102 Å². The van der Waals surface area contributed by atoms with Gasteiger partial charge in [-0.3, -0.25) is 0 Å². The van der Waals surface area contributed by atoms with Gasteiger partial charge in [0.15, 0.2) is 0 Å². The van der Waals surface area contributed by atoms with Crippen molar-refractivity contribution in [2.45, 2.75) is 25.2 Å². The van der Waals surface area contributed by atoms with E-state index in [0.717, 1.165) is 17.9 Å². The van der Waals surface area contributed by atoms with Crippen molar-refractivity contribution >= 4 is 19.2 Å². The van der Waals surface area contributed by atoms with Crippen molar-refractivity contribution in [3.05, 3.63) is 113 Å². The third-order valence-corrected chi connectivity index (χ3v) is 8.67. The normalized spacial score (nSPS) is 19.7. The Morgan fingerprint density at radius 2 is 1.34 bits per heavy atom. The highest BCUT2D eigenvalue weighted by Gasteiger charge is 2.48. The minimum Gasteiger partial charge on any atom is -0.478 e. The molecule has 1 fully saturated rings. The van der Waals surface area contributed by atoms with Gasteiger partial charge < -0.3 is 5.11 Å². The summed E-state index contributed by atoms with van der Waals surface area (Å²) in [5.74, 6) is -0.788. The standard InChI is InChI=1S/C26H25O2P/c1-2-23(25(27)28)24-26(20-12-6-3-7-13-20,21-14-8-4-9-15-21)18-19-29(24)22-16-10-5-11-17-22/h3-17H,2,18-19H2,1H3,(H,27,28)/b24-23+. The fraction of sp³-hybridized carbons (Fsp3) is 0.192. The molecule has 146 valence electrons. The highest BCUT2D eigenvalue weighted by Crippen LogP contribution is 2.65. The molecule has 4 rings (SSSR count). The Hall–Kier alpha value is -2.70. The van der Waals surface area contributed by atoms with Gasteiger partial charge in [-0.15, -0.1) is 0 Å². The summed E-state index contributed by atoms with van der Waals surface area (Å²) in [4.78, 5) is 12.4. The first kappa shape index (κ1) is 19.6. The molecule has 1 N–H and O–H groups in total. The molecule has 1 aliphatic heterocycles. The summed E-state index contributed by atoms with van der Waals surface area (Å²) >= 11 is 0. The van der Waals surface area contributed by atoms with Crippen molar-refractivity contribution in [2.24, 2.45) is 0 Å². The van der Waals surface area contributed by atoms with Crippen LogP contribution >= 0.6 is 7.92 Å². The van der Waals surface area contributed by atoms with Crippen LogP contribution in [-0.4, -0.2) is 17.2 Å². The SMILES string of the molecule is CC/C(C(=O)O)=C1\P(c2ccccc2)CCC1(c1ccccc1)c1ccccc1. The van der Waals surface area contributed by atoms with E-state index in [1.807, 2.05) is 25.1 Å². The quantitative estimate of drug-likeness (QED) is 0.426. The Labute approximate surface area is 173 Å². The molecule has 1 saturated heterocycles. The molecular weight excluding hydrogens is 375 g/mol. The molecule has 0 aromatic heterocycles. The van der Waals surface area contributed by atoms with Crippen molar-refractivity contribution in [1.82, 2.24) is 0 Å². The number of benzene rings is 3. The lowest BCUT2D eigenvalue weighted by atomic mass is 9.71. The smallest absolute Gasteiger partial charge is 0.331 e. The first-order chi connectivity index (χ1) is 14.2.